The highest BCUT2D eigenvalue weighted by molar-refractivity contribution is 6.74. The molecule has 1 fully saturated rings. The second-order valence-electron chi connectivity index (χ2n) is 6.56. The maximum atomic E-state index is 9.34. The lowest BCUT2D eigenvalue weighted by atomic mass is 10.2. The SMILES string of the molecule is C=CCN1CC[C@H](O[Si](C)(C)C(C)(C)C)[C@H]1C#N. The molecule has 0 aromatic carbocycles. The Hall–Kier alpha value is -0.633. The van der Waals surface area contributed by atoms with Crippen LogP contribution < -0.4 is 0 Å². The van der Waals surface area contributed by atoms with Crippen LogP contribution in [-0.4, -0.2) is 38.5 Å². The summed E-state index contributed by atoms with van der Waals surface area (Å²) < 4.78 is 6.38. The Morgan fingerprint density at radius 2 is 2.11 bits per heavy atom. The summed E-state index contributed by atoms with van der Waals surface area (Å²) in [6.07, 6.45) is 2.88. The van der Waals surface area contributed by atoms with Crippen molar-refractivity contribution in [2.24, 2.45) is 0 Å². The largest absolute Gasteiger partial charge is 0.411 e. The maximum Gasteiger partial charge on any atom is 0.192 e. The van der Waals surface area contributed by atoms with E-state index in [0.717, 1.165) is 19.5 Å². The van der Waals surface area contributed by atoms with Crippen molar-refractivity contribution in [3.8, 4) is 6.07 Å². The Bertz CT molecular complexity index is 341. The fourth-order valence-electron chi connectivity index (χ4n) is 2.04. The highest BCUT2D eigenvalue weighted by atomic mass is 28.4. The predicted octanol–water partition coefficient (Wildman–Crippen LogP) is 3.16. The summed E-state index contributed by atoms with van der Waals surface area (Å²) in [6, 6.07) is 2.28. The molecule has 1 aliphatic rings. The molecular weight excluding hydrogens is 240 g/mol. The lowest BCUT2D eigenvalue weighted by Gasteiger charge is -2.39. The molecule has 102 valence electrons. The van der Waals surface area contributed by atoms with E-state index in [4.69, 9.17) is 4.43 Å². The number of rotatable bonds is 4. The molecule has 3 nitrogen and oxygen atoms in total. The second kappa shape index (κ2) is 5.56. The van der Waals surface area contributed by atoms with Crippen LogP contribution in [0.4, 0.5) is 0 Å². The third-order valence-corrected chi connectivity index (χ3v) is 8.70. The van der Waals surface area contributed by atoms with Gasteiger partial charge in [-0.15, -0.1) is 6.58 Å². The van der Waals surface area contributed by atoms with E-state index in [9.17, 15) is 5.26 Å². The van der Waals surface area contributed by atoms with Crippen molar-refractivity contribution in [1.82, 2.24) is 4.90 Å². The van der Waals surface area contributed by atoms with Gasteiger partial charge in [-0.1, -0.05) is 26.8 Å². The molecule has 1 rings (SSSR count). The third kappa shape index (κ3) is 3.22. The molecule has 18 heavy (non-hydrogen) atoms. The van der Waals surface area contributed by atoms with Crippen LogP contribution in [0.2, 0.25) is 18.1 Å². The molecule has 4 heteroatoms. The minimum Gasteiger partial charge on any atom is -0.411 e. The highest BCUT2D eigenvalue weighted by Gasteiger charge is 2.43. The molecule has 2 atom stereocenters. The van der Waals surface area contributed by atoms with E-state index in [1.165, 1.54) is 0 Å². The first-order valence-electron chi connectivity index (χ1n) is 6.65. The third-order valence-electron chi connectivity index (χ3n) is 4.19. The number of nitrogens with zero attached hydrogens (tertiary/aromatic N) is 2. The van der Waals surface area contributed by atoms with Gasteiger partial charge in [0.25, 0.3) is 0 Å². The van der Waals surface area contributed by atoms with E-state index >= 15 is 0 Å². The van der Waals surface area contributed by atoms with Crippen LogP contribution in [0.5, 0.6) is 0 Å². The zero-order valence-electron chi connectivity index (χ0n) is 12.4. The first kappa shape index (κ1) is 15.4. The smallest absolute Gasteiger partial charge is 0.192 e. The Labute approximate surface area is 113 Å². The summed E-state index contributed by atoms with van der Waals surface area (Å²) >= 11 is 0. The van der Waals surface area contributed by atoms with Crippen molar-refractivity contribution in [1.29, 1.82) is 5.26 Å². The van der Waals surface area contributed by atoms with Crippen LogP contribution in [-0.2, 0) is 4.43 Å². The molecule has 0 aromatic rings. The lowest BCUT2D eigenvalue weighted by molar-refractivity contribution is 0.155. The normalized spacial score (nSPS) is 26.0. The van der Waals surface area contributed by atoms with Crippen LogP contribution in [0.1, 0.15) is 27.2 Å². The summed E-state index contributed by atoms with van der Waals surface area (Å²) in [6.45, 7) is 16.7. The summed E-state index contributed by atoms with van der Waals surface area (Å²) in [4.78, 5) is 2.16. The highest BCUT2D eigenvalue weighted by Crippen LogP contribution is 2.39. The molecule has 0 aliphatic carbocycles. The first-order chi connectivity index (χ1) is 8.23. The Balaban J connectivity index is 2.75. The summed E-state index contributed by atoms with van der Waals surface area (Å²) in [5.41, 5.74) is 0. The number of likely N-dealkylation sites (tertiary alicyclic amines) is 1. The fraction of sp³-hybridized carbons (Fsp3) is 0.786. The molecule has 0 unspecified atom stereocenters. The topological polar surface area (TPSA) is 36.3 Å². The molecule has 1 aliphatic heterocycles. The zero-order chi connectivity index (χ0) is 14.0. The van der Waals surface area contributed by atoms with Crippen molar-refractivity contribution in [2.45, 2.75) is 57.5 Å². The Morgan fingerprint density at radius 1 is 1.50 bits per heavy atom. The average molecular weight is 266 g/mol. The predicted molar refractivity (Wildman–Crippen MR) is 77.9 cm³/mol. The van der Waals surface area contributed by atoms with Crippen molar-refractivity contribution in [3.63, 3.8) is 0 Å². The van der Waals surface area contributed by atoms with Gasteiger partial charge in [-0.25, -0.2) is 0 Å². The standard InChI is InChI=1S/C14H26N2OSi/c1-7-9-16-10-8-13(12(16)11-15)17-18(5,6)14(2,3)4/h7,12-13H,1,8-10H2,2-6H3/t12-,13+/m1/s1. The maximum absolute atomic E-state index is 9.34. The molecule has 0 radical (unpaired) electrons. The quantitative estimate of drug-likeness (QED) is 0.579. The van der Waals surface area contributed by atoms with Gasteiger partial charge in [0, 0.05) is 13.1 Å². The molecule has 1 heterocycles. The van der Waals surface area contributed by atoms with Crippen LogP contribution in [0.3, 0.4) is 0 Å². The monoisotopic (exact) mass is 266 g/mol. The summed E-state index contributed by atoms with van der Waals surface area (Å²) in [5.74, 6) is 0. The second-order valence-corrected chi connectivity index (χ2v) is 11.3. The van der Waals surface area contributed by atoms with Gasteiger partial charge in [0.05, 0.1) is 12.2 Å². The molecule has 0 spiro atoms. The van der Waals surface area contributed by atoms with Gasteiger partial charge in [-0.05, 0) is 24.6 Å². The van der Waals surface area contributed by atoms with E-state index in [1.54, 1.807) is 0 Å². The van der Waals surface area contributed by atoms with E-state index < -0.39 is 8.32 Å². The summed E-state index contributed by atoms with van der Waals surface area (Å²) in [5, 5.41) is 9.54. The number of hydrogen-bond acceptors (Lipinski definition) is 3. The van der Waals surface area contributed by atoms with Gasteiger partial charge in [0.2, 0.25) is 0 Å². The van der Waals surface area contributed by atoms with Crippen LogP contribution in [0.15, 0.2) is 12.7 Å². The van der Waals surface area contributed by atoms with Gasteiger partial charge in [0.1, 0.15) is 6.04 Å². The van der Waals surface area contributed by atoms with Gasteiger partial charge >= 0.3 is 0 Å². The van der Waals surface area contributed by atoms with Crippen molar-refractivity contribution in [2.75, 3.05) is 13.1 Å². The first-order valence-corrected chi connectivity index (χ1v) is 9.56. The Kier molecular flexibility index (Phi) is 4.76. The van der Waals surface area contributed by atoms with Crippen molar-refractivity contribution < 1.29 is 4.43 Å². The fourth-order valence-corrected chi connectivity index (χ4v) is 3.40. The molecule has 1 saturated heterocycles. The molecular formula is C14H26N2OSi. The zero-order valence-corrected chi connectivity index (χ0v) is 13.4. The average Bonchev–Trinajstić information content (AvgIpc) is 2.58. The number of nitriles is 1. The van der Waals surface area contributed by atoms with E-state index in [0.29, 0.717) is 0 Å². The molecule has 0 N–H and O–H groups in total. The van der Waals surface area contributed by atoms with E-state index in [-0.39, 0.29) is 17.2 Å². The lowest BCUT2D eigenvalue weighted by Crippen LogP contribution is -2.47. The van der Waals surface area contributed by atoms with Crippen molar-refractivity contribution in [3.05, 3.63) is 12.7 Å². The number of hydrogen-bond donors (Lipinski definition) is 0. The van der Waals surface area contributed by atoms with Gasteiger partial charge < -0.3 is 4.43 Å². The van der Waals surface area contributed by atoms with Crippen molar-refractivity contribution >= 4 is 8.32 Å². The molecule has 0 aromatic heterocycles. The van der Waals surface area contributed by atoms with Crippen LogP contribution >= 0.6 is 0 Å². The minimum atomic E-state index is -1.78. The van der Waals surface area contributed by atoms with Crippen LogP contribution in [0, 0.1) is 11.3 Å². The Morgan fingerprint density at radius 3 is 2.56 bits per heavy atom. The van der Waals surface area contributed by atoms with E-state index in [2.05, 4.69) is 51.4 Å². The van der Waals surface area contributed by atoms with Gasteiger partial charge in [-0.2, -0.15) is 5.26 Å². The molecule has 0 bridgehead atoms. The molecule has 0 saturated carbocycles. The van der Waals surface area contributed by atoms with Gasteiger partial charge in [0.15, 0.2) is 8.32 Å². The van der Waals surface area contributed by atoms with E-state index in [1.807, 2.05) is 6.08 Å². The molecule has 0 amide bonds. The minimum absolute atomic E-state index is 0.0656. The van der Waals surface area contributed by atoms with Crippen LogP contribution in [0.25, 0.3) is 0 Å². The van der Waals surface area contributed by atoms with Gasteiger partial charge in [-0.3, -0.25) is 4.90 Å². The summed E-state index contributed by atoms with van der Waals surface area (Å²) in [7, 11) is -1.78.